The molecule has 3 atom stereocenters. The Hall–Kier alpha value is -2.09. The lowest BCUT2D eigenvalue weighted by molar-refractivity contribution is 0.0123. The Kier molecular flexibility index (Phi) is 4.64. The summed E-state index contributed by atoms with van der Waals surface area (Å²) in [6, 6.07) is 1.07. The second kappa shape index (κ2) is 6.76. The molecule has 0 aromatic heterocycles. The summed E-state index contributed by atoms with van der Waals surface area (Å²) >= 11 is 0. The highest BCUT2D eigenvalue weighted by atomic mass is 19.2. The van der Waals surface area contributed by atoms with Crippen molar-refractivity contribution in [3.8, 4) is 5.75 Å². The summed E-state index contributed by atoms with van der Waals surface area (Å²) in [6.07, 6.45) is 1.56. The van der Waals surface area contributed by atoms with Gasteiger partial charge in [-0.3, -0.25) is 4.90 Å². The van der Waals surface area contributed by atoms with E-state index in [1.807, 2.05) is 25.7 Å². The van der Waals surface area contributed by atoms with E-state index in [1.165, 1.54) is 0 Å². The van der Waals surface area contributed by atoms with E-state index in [1.54, 1.807) is 11.0 Å². The molecular formula is C20H27F2N3O3. The predicted octanol–water partition coefficient (Wildman–Crippen LogP) is 2.82. The van der Waals surface area contributed by atoms with E-state index in [4.69, 9.17) is 15.2 Å². The van der Waals surface area contributed by atoms with Crippen LogP contribution in [0.3, 0.4) is 0 Å². The van der Waals surface area contributed by atoms with Crippen molar-refractivity contribution in [3.63, 3.8) is 0 Å². The van der Waals surface area contributed by atoms with Gasteiger partial charge in [0.15, 0.2) is 11.6 Å². The molecule has 2 bridgehead atoms. The zero-order chi connectivity index (χ0) is 20.2. The molecule has 1 aromatic carbocycles. The highest BCUT2D eigenvalue weighted by Crippen LogP contribution is 2.39. The molecule has 4 rings (SSSR count). The first-order valence-electron chi connectivity index (χ1n) is 9.79. The van der Waals surface area contributed by atoms with Crippen molar-refractivity contribution < 1.29 is 23.0 Å². The fourth-order valence-corrected chi connectivity index (χ4v) is 4.41. The van der Waals surface area contributed by atoms with Gasteiger partial charge in [-0.05, 0) is 40.0 Å². The highest BCUT2D eigenvalue weighted by Gasteiger charge is 2.45. The maximum Gasteiger partial charge on any atom is 0.410 e. The molecule has 28 heavy (non-hydrogen) atoms. The van der Waals surface area contributed by atoms with Crippen molar-refractivity contribution in [1.82, 2.24) is 4.90 Å². The Balaban J connectivity index is 1.57. The van der Waals surface area contributed by atoms with E-state index in [0.717, 1.165) is 12.8 Å². The number of carbonyl (C=O) groups excluding carboxylic acids is 1. The number of fused-ring (bicyclic) bond motifs is 3. The van der Waals surface area contributed by atoms with Crippen LogP contribution >= 0.6 is 0 Å². The van der Waals surface area contributed by atoms with Crippen molar-refractivity contribution in [2.45, 2.75) is 63.8 Å². The van der Waals surface area contributed by atoms with Crippen LogP contribution in [-0.4, -0.2) is 54.4 Å². The summed E-state index contributed by atoms with van der Waals surface area (Å²) in [6.45, 7) is 6.66. The number of ether oxygens (including phenoxy) is 2. The Morgan fingerprint density at radius 2 is 1.86 bits per heavy atom. The third kappa shape index (κ3) is 3.38. The molecule has 3 heterocycles. The number of piperazine rings is 1. The van der Waals surface area contributed by atoms with Crippen LogP contribution in [0.4, 0.5) is 19.3 Å². The van der Waals surface area contributed by atoms with Gasteiger partial charge in [-0.15, -0.1) is 0 Å². The summed E-state index contributed by atoms with van der Waals surface area (Å²) < 4.78 is 40.6. The Labute approximate surface area is 163 Å². The number of halogens is 2. The minimum atomic E-state index is -0.885. The standard InChI is InChI=1S/C20H27F2N3O3/c1-20(2,3)28-19(26)25-12-4-5-13(25)9-24(8-12)15-7-16-14(17(21)18(15)22)6-11(23)10-27-16/h7,11-13H,4-6,8-10,23H2,1-3H3/t11-,12?,13?/m1/s1. The van der Waals surface area contributed by atoms with Crippen molar-refractivity contribution in [3.05, 3.63) is 23.3 Å². The number of benzene rings is 1. The zero-order valence-corrected chi connectivity index (χ0v) is 16.5. The Morgan fingerprint density at radius 3 is 2.46 bits per heavy atom. The van der Waals surface area contributed by atoms with Gasteiger partial charge >= 0.3 is 6.09 Å². The number of amides is 1. The van der Waals surface area contributed by atoms with Crippen LogP contribution in [0.25, 0.3) is 0 Å². The number of rotatable bonds is 1. The van der Waals surface area contributed by atoms with Gasteiger partial charge in [0.05, 0.1) is 17.8 Å². The monoisotopic (exact) mass is 395 g/mol. The average molecular weight is 395 g/mol. The largest absolute Gasteiger partial charge is 0.491 e. The fraction of sp³-hybridized carbons (Fsp3) is 0.650. The Bertz CT molecular complexity index is 782. The lowest BCUT2D eigenvalue weighted by Gasteiger charge is -2.42. The summed E-state index contributed by atoms with van der Waals surface area (Å²) in [7, 11) is 0. The van der Waals surface area contributed by atoms with Crippen LogP contribution < -0.4 is 15.4 Å². The lowest BCUT2D eigenvalue weighted by Crippen LogP contribution is -2.57. The summed E-state index contributed by atoms with van der Waals surface area (Å²) in [4.78, 5) is 16.2. The van der Waals surface area contributed by atoms with E-state index < -0.39 is 17.2 Å². The number of nitrogens with two attached hydrogens (primary N) is 1. The van der Waals surface area contributed by atoms with Gasteiger partial charge in [0.25, 0.3) is 0 Å². The molecule has 0 radical (unpaired) electrons. The molecule has 2 fully saturated rings. The molecule has 2 N–H and O–H groups in total. The smallest absolute Gasteiger partial charge is 0.410 e. The molecule has 3 aliphatic rings. The number of nitrogens with zero attached hydrogens (tertiary/aromatic N) is 2. The van der Waals surface area contributed by atoms with Gasteiger partial charge in [-0.25, -0.2) is 13.6 Å². The molecule has 3 aliphatic heterocycles. The molecule has 2 saturated heterocycles. The SMILES string of the molecule is CC(C)(C)OC(=O)N1C2CCC1CN(c1cc3c(c(F)c1F)C[C@@H](N)CO3)C2. The molecule has 0 aliphatic carbocycles. The van der Waals surface area contributed by atoms with Gasteiger partial charge in [-0.2, -0.15) is 0 Å². The Morgan fingerprint density at radius 1 is 1.21 bits per heavy atom. The minimum Gasteiger partial charge on any atom is -0.491 e. The number of hydrogen-bond acceptors (Lipinski definition) is 5. The third-order valence-corrected chi connectivity index (χ3v) is 5.59. The van der Waals surface area contributed by atoms with Crippen LogP contribution in [0, 0.1) is 11.6 Å². The van der Waals surface area contributed by atoms with Gasteiger partial charge in [0.1, 0.15) is 18.0 Å². The first-order valence-corrected chi connectivity index (χ1v) is 9.79. The highest BCUT2D eigenvalue weighted by molar-refractivity contribution is 5.70. The maximum atomic E-state index is 14.8. The minimum absolute atomic E-state index is 0.0820. The number of anilines is 1. The second-order valence-corrected chi connectivity index (χ2v) is 8.95. The number of hydrogen-bond donors (Lipinski definition) is 1. The molecular weight excluding hydrogens is 368 g/mol. The normalized spacial score (nSPS) is 26.7. The van der Waals surface area contributed by atoms with Crippen molar-refractivity contribution in [2.24, 2.45) is 5.73 Å². The molecule has 8 heteroatoms. The topological polar surface area (TPSA) is 68.0 Å². The fourth-order valence-electron chi connectivity index (χ4n) is 4.41. The van der Waals surface area contributed by atoms with E-state index in [2.05, 4.69) is 0 Å². The predicted molar refractivity (Wildman–Crippen MR) is 101 cm³/mol. The van der Waals surface area contributed by atoms with E-state index in [9.17, 15) is 13.6 Å². The molecule has 0 saturated carbocycles. The van der Waals surface area contributed by atoms with Crippen molar-refractivity contribution in [1.29, 1.82) is 0 Å². The molecule has 1 aromatic rings. The van der Waals surface area contributed by atoms with Crippen molar-refractivity contribution in [2.75, 3.05) is 24.6 Å². The average Bonchev–Trinajstić information content (AvgIpc) is 2.87. The molecule has 2 unspecified atom stereocenters. The van der Waals surface area contributed by atoms with Gasteiger partial charge in [0, 0.05) is 30.8 Å². The zero-order valence-electron chi connectivity index (χ0n) is 16.5. The van der Waals surface area contributed by atoms with Crippen LogP contribution in [-0.2, 0) is 11.2 Å². The lowest BCUT2D eigenvalue weighted by atomic mass is 10.0. The molecule has 0 spiro atoms. The van der Waals surface area contributed by atoms with E-state index >= 15 is 0 Å². The third-order valence-electron chi connectivity index (χ3n) is 5.59. The second-order valence-electron chi connectivity index (χ2n) is 8.95. The van der Waals surface area contributed by atoms with Crippen LogP contribution in [0.1, 0.15) is 39.2 Å². The molecule has 1 amide bonds. The summed E-state index contributed by atoms with van der Waals surface area (Å²) in [5, 5.41) is 0. The molecule has 6 nitrogen and oxygen atoms in total. The first kappa shape index (κ1) is 19.2. The van der Waals surface area contributed by atoms with Gasteiger partial charge in [-0.1, -0.05) is 0 Å². The van der Waals surface area contributed by atoms with Crippen LogP contribution in [0.2, 0.25) is 0 Å². The maximum absolute atomic E-state index is 14.8. The van der Waals surface area contributed by atoms with E-state index in [0.29, 0.717) is 18.8 Å². The van der Waals surface area contributed by atoms with Crippen LogP contribution in [0.15, 0.2) is 6.07 Å². The summed E-state index contributed by atoms with van der Waals surface area (Å²) in [5.74, 6) is -1.40. The van der Waals surface area contributed by atoms with Crippen LogP contribution in [0.5, 0.6) is 5.75 Å². The van der Waals surface area contributed by atoms with Gasteiger partial charge in [0.2, 0.25) is 0 Å². The van der Waals surface area contributed by atoms with E-state index in [-0.39, 0.29) is 48.5 Å². The molecule has 154 valence electrons. The number of carbonyl (C=O) groups is 1. The summed E-state index contributed by atoms with van der Waals surface area (Å²) in [5.41, 5.74) is 5.63. The van der Waals surface area contributed by atoms with Gasteiger partial charge < -0.3 is 20.1 Å². The first-order chi connectivity index (χ1) is 13.1. The van der Waals surface area contributed by atoms with Crippen molar-refractivity contribution >= 4 is 11.8 Å². The quantitative estimate of drug-likeness (QED) is 0.792.